The average molecular weight is 564 g/mol. The van der Waals surface area contributed by atoms with Gasteiger partial charge in [-0.1, -0.05) is 17.7 Å². The van der Waals surface area contributed by atoms with Crippen LogP contribution in [0.2, 0.25) is 0 Å². The lowest BCUT2D eigenvalue weighted by Gasteiger charge is -2.37. The molecule has 2 aliphatic rings. The number of benzene rings is 2. The number of rotatable bonds is 11. The number of methoxy groups -OCH3 is 1. The molecule has 0 radical (unpaired) electrons. The summed E-state index contributed by atoms with van der Waals surface area (Å²) in [6, 6.07) is 12.1. The number of aliphatic hydroxyl groups is 1. The lowest BCUT2D eigenvalue weighted by Crippen LogP contribution is -2.43. The van der Waals surface area contributed by atoms with Gasteiger partial charge < -0.3 is 24.4 Å². The molecule has 3 aromatic rings. The normalized spacial score (nSPS) is 20.1. The number of anilines is 1. The Hall–Kier alpha value is -2.94. The van der Waals surface area contributed by atoms with Crippen LogP contribution in [-0.4, -0.2) is 67.9 Å². The second-order valence-corrected chi connectivity index (χ2v) is 12.2. The summed E-state index contributed by atoms with van der Waals surface area (Å²) in [7, 11) is 3.50. The summed E-state index contributed by atoms with van der Waals surface area (Å²) in [5.41, 5.74) is 5.85. The molecule has 1 amide bonds. The maximum atomic E-state index is 12.8. The molecular formula is C32H41N3O4S. The molecule has 40 heavy (non-hydrogen) atoms. The Bertz CT molecular complexity index is 1310. The van der Waals surface area contributed by atoms with Gasteiger partial charge in [0.2, 0.25) is 0 Å². The van der Waals surface area contributed by atoms with Crippen LogP contribution in [0.5, 0.6) is 5.75 Å². The van der Waals surface area contributed by atoms with Crippen LogP contribution in [0.25, 0.3) is 11.3 Å². The van der Waals surface area contributed by atoms with Crippen molar-refractivity contribution < 1.29 is 19.4 Å². The van der Waals surface area contributed by atoms with Crippen molar-refractivity contribution in [2.45, 2.75) is 39.7 Å². The number of fused-ring (bicyclic) bond motifs is 2. The fourth-order valence-corrected chi connectivity index (χ4v) is 7.05. The van der Waals surface area contributed by atoms with E-state index in [-0.39, 0.29) is 5.91 Å². The first kappa shape index (κ1) is 28.6. The molecule has 2 bridgehead atoms. The predicted octanol–water partition coefficient (Wildman–Crippen LogP) is 5.57. The molecule has 1 aromatic heterocycles. The first-order chi connectivity index (χ1) is 19.4. The van der Waals surface area contributed by atoms with Crippen LogP contribution in [0.3, 0.4) is 0 Å². The van der Waals surface area contributed by atoms with E-state index in [9.17, 15) is 9.90 Å². The Kier molecular flexibility index (Phi) is 9.08. The smallest absolute Gasteiger partial charge is 0.253 e. The zero-order valence-electron chi connectivity index (χ0n) is 24.1. The molecule has 214 valence electrons. The highest BCUT2D eigenvalue weighted by atomic mass is 32.1. The number of aromatic nitrogens is 1. The molecule has 2 aromatic carbocycles. The zero-order valence-corrected chi connectivity index (χ0v) is 24.9. The summed E-state index contributed by atoms with van der Waals surface area (Å²) in [6.07, 6.45) is 3.23. The monoisotopic (exact) mass is 563 g/mol. The van der Waals surface area contributed by atoms with E-state index in [1.807, 2.05) is 38.2 Å². The van der Waals surface area contributed by atoms with Crippen molar-refractivity contribution >= 4 is 22.4 Å². The second kappa shape index (κ2) is 12.7. The summed E-state index contributed by atoms with van der Waals surface area (Å²) in [6.45, 7) is 8.09. The van der Waals surface area contributed by atoms with Gasteiger partial charge in [0, 0.05) is 63.5 Å². The van der Waals surface area contributed by atoms with Gasteiger partial charge in [0.1, 0.15) is 12.4 Å². The van der Waals surface area contributed by atoms with Gasteiger partial charge >= 0.3 is 0 Å². The topological polar surface area (TPSA) is 75.1 Å². The SMILES string of the molecule is COCCCN(C)C(=O)c1ccc(COc2ccc(C)cc2-c2csc(N3C[C@H]4CC[C@@H](C3)[C@H]4CO)n2)c(C)c1. The molecule has 0 unspecified atom stereocenters. The maximum absolute atomic E-state index is 12.8. The van der Waals surface area contributed by atoms with Crippen molar-refractivity contribution in [2.24, 2.45) is 17.8 Å². The molecule has 2 heterocycles. The first-order valence-corrected chi connectivity index (χ1v) is 15.1. The van der Waals surface area contributed by atoms with E-state index < -0.39 is 0 Å². The molecule has 1 N–H and O–H groups in total. The van der Waals surface area contributed by atoms with Crippen molar-refractivity contribution in [1.29, 1.82) is 0 Å². The lowest BCUT2D eigenvalue weighted by molar-refractivity contribution is 0.0779. The molecule has 1 aliphatic heterocycles. The predicted molar refractivity (Wildman–Crippen MR) is 160 cm³/mol. The minimum Gasteiger partial charge on any atom is -0.488 e. The Morgan fingerprint density at radius 1 is 1.15 bits per heavy atom. The minimum atomic E-state index is 0.0143. The minimum absolute atomic E-state index is 0.0143. The highest BCUT2D eigenvalue weighted by Crippen LogP contribution is 2.44. The summed E-state index contributed by atoms with van der Waals surface area (Å²) in [4.78, 5) is 22.0. The number of carbonyl (C=O) groups excluding carboxylic acids is 1. The molecule has 1 saturated carbocycles. The maximum Gasteiger partial charge on any atom is 0.253 e. The molecule has 2 fully saturated rings. The molecule has 8 heteroatoms. The van der Waals surface area contributed by atoms with Crippen LogP contribution in [0, 0.1) is 31.6 Å². The largest absolute Gasteiger partial charge is 0.488 e. The van der Waals surface area contributed by atoms with Gasteiger partial charge in [0.15, 0.2) is 5.13 Å². The average Bonchev–Trinajstić information content (AvgIpc) is 3.54. The quantitative estimate of drug-likeness (QED) is 0.308. The Labute approximate surface area is 241 Å². The third-order valence-electron chi connectivity index (χ3n) is 8.57. The third-order valence-corrected chi connectivity index (χ3v) is 9.48. The van der Waals surface area contributed by atoms with Crippen molar-refractivity contribution in [1.82, 2.24) is 9.88 Å². The number of nitrogens with zero attached hydrogens (tertiary/aromatic N) is 3. The Morgan fingerprint density at radius 2 is 1.93 bits per heavy atom. The van der Waals surface area contributed by atoms with E-state index in [1.54, 1.807) is 23.3 Å². The number of piperidine rings is 1. The number of ether oxygens (including phenoxy) is 2. The van der Waals surface area contributed by atoms with Gasteiger partial charge in [-0.3, -0.25) is 4.79 Å². The molecule has 3 atom stereocenters. The number of thiazole rings is 1. The van der Waals surface area contributed by atoms with Gasteiger partial charge in [-0.2, -0.15) is 0 Å². The third kappa shape index (κ3) is 6.19. The van der Waals surface area contributed by atoms with E-state index in [0.717, 1.165) is 58.3 Å². The standard InChI is InChI=1S/C32H41N3O4S/c1-21-6-11-30(39-19-26-10-7-23(15-22(26)2)31(37)34(3)12-5-13-38-4)27(14-21)29-20-40-32(33-29)35-16-24-8-9-25(17-35)28(24)18-36/h6-7,10-11,14-15,20,24-25,28,36H,5,8-9,12-13,16-19H2,1-4H3/t24-,25+,28+. The number of amides is 1. The van der Waals surface area contributed by atoms with E-state index in [2.05, 4.69) is 29.3 Å². The number of aryl methyl sites for hydroxylation is 2. The number of carbonyl (C=O) groups is 1. The summed E-state index contributed by atoms with van der Waals surface area (Å²) < 4.78 is 11.5. The number of aliphatic hydroxyl groups excluding tert-OH is 1. The molecule has 7 nitrogen and oxygen atoms in total. The van der Waals surface area contributed by atoms with Gasteiger partial charge in [-0.05, 0) is 86.3 Å². The van der Waals surface area contributed by atoms with Crippen LogP contribution in [0.4, 0.5) is 5.13 Å². The van der Waals surface area contributed by atoms with Crippen molar-refractivity contribution in [3.63, 3.8) is 0 Å². The summed E-state index contributed by atoms with van der Waals surface area (Å²) >= 11 is 1.69. The zero-order chi connectivity index (χ0) is 28.2. The second-order valence-electron chi connectivity index (χ2n) is 11.4. The van der Waals surface area contributed by atoms with E-state index in [1.165, 1.54) is 12.8 Å². The fraction of sp³-hybridized carbons (Fsp3) is 0.500. The van der Waals surface area contributed by atoms with Crippen LogP contribution >= 0.6 is 11.3 Å². The molecule has 5 rings (SSSR count). The van der Waals surface area contributed by atoms with E-state index >= 15 is 0 Å². The summed E-state index contributed by atoms with van der Waals surface area (Å²) in [5.74, 6) is 2.40. The van der Waals surface area contributed by atoms with Gasteiger partial charge in [0.25, 0.3) is 5.91 Å². The number of hydrogen-bond donors (Lipinski definition) is 1. The van der Waals surface area contributed by atoms with Crippen LogP contribution < -0.4 is 9.64 Å². The molecule has 1 saturated heterocycles. The fourth-order valence-electron chi connectivity index (χ4n) is 6.21. The van der Waals surface area contributed by atoms with Gasteiger partial charge in [-0.25, -0.2) is 4.98 Å². The molecular weight excluding hydrogens is 522 g/mol. The van der Waals surface area contributed by atoms with E-state index in [4.69, 9.17) is 14.5 Å². The van der Waals surface area contributed by atoms with Crippen LogP contribution in [-0.2, 0) is 11.3 Å². The molecule has 1 aliphatic carbocycles. The van der Waals surface area contributed by atoms with Crippen molar-refractivity contribution in [3.8, 4) is 17.0 Å². The first-order valence-electron chi connectivity index (χ1n) is 14.3. The van der Waals surface area contributed by atoms with Gasteiger partial charge in [0.05, 0.1) is 5.69 Å². The van der Waals surface area contributed by atoms with Crippen molar-refractivity contribution in [3.05, 3.63) is 64.0 Å². The van der Waals surface area contributed by atoms with Gasteiger partial charge in [-0.15, -0.1) is 11.3 Å². The van der Waals surface area contributed by atoms with Crippen LogP contribution in [0.15, 0.2) is 41.8 Å². The summed E-state index contributed by atoms with van der Waals surface area (Å²) in [5, 5.41) is 13.0. The lowest BCUT2D eigenvalue weighted by atomic mass is 9.86. The Morgan fingerprint density at radius 3 is 2.62 bits per heavy atom. The molecule has 0 spiro atoms. The highest BCUT2D eigenvalue weighted by Gasteiger charge is 2.42. The van der Waals surface area contributed by atoms with Crippen LogP contribution in [0.1, 0.15) is 46.3 Å². The van der Waals surface area contributed by atoms with E-state index in [0.29, 0.717) is 49.7 Å². The van der Waals surface area contributed by atoms with Crippen molar-refractivity contribution in [2.75, 3.05) is 51.9 Å². The highest BCUT2D eigenvalue weighted by molar-refractivity contribution is 7.14. The number of hydrogen-bond acceptors (Lipinski definition) is 7. The Balaban J connectivity index is 1.27.